The van der Waals surface area contributed by atoms with Crippen LogP contribution in [0.3, 0.4) is 0 Å². The second kappa shape index (κ2) is 6.58. The second-order valence-electron chi connectivity index (χ2n) is 4.94. The molecule has 0 spiro atoms. The Balaban J connectivity index is 1.72. The van der Waals surface area contributed by atoms with E-state index < -0.39 is 12.1 Å². The van der Waals surface area contributed by atoms with Crippen LogP contribution in [0.1, 0.15) is 17.4 Å². The fourth-order valence-electron chi connectivity index (χ4n) is 2.16. The van der Waals surface area contributed by atoms with Crippen LogP contribution in [0.15, 0.2) is 53.4 Å². The van der Waals surface area contributed by atoms with Crippen LogP contribution in [-0.4, -0.2) is 23.0 Å². The molecule has 0 aliphatic carbocycles. The van der Waals surface area contributed by atoms with Crippen molar-refractivity contribution in [2.45, 2.75) is 13.0 Å². The third kappa shape index (κ3) is 3.37. The van der Waals surface area contributed by atoms with E-state index in [4.69, 9.17) is 4.74 Å². The van der Waals surface area contributed by atoms with Crippen molar-refractivity contribution in [3.8, 4) is 0 Å². The smallest absolute Gasteiger partial charge is 0.358 e. The highest BCUT2D eigenvalue weighted by atomic mass is 32.1. The molecule has 3 aromatic rings. The van der Waals surface area contributed by atoms with Gasteiger partial charge < -0.3 is 10.1 Å². The van der Waals surface area contributed by atoms with E-state index in [9.17, 15) is 9.59 Å². The number of carbonyl (C=O) groups is 2. The molecule has 1 atom stereocenters. The van der Waals surface area contributed by atoms with E-state index in [0.717, 1.165) is 10.8 Å². The number of hydrogen-bond acceptors (Lipinski definition) is 5. The van der Waals surface area contributed by atoms with Crippen molar-refractivity contribution in [2.24, 2.45) is 0 Å². The number of esters is 1. The molecule has 116 valence electrons. The van der Waals surface area contributed by atoms with Crippen LogP contribution in [0.2, 0.25) is 0 Å². The average molecular weight is 326 g/mol. The molecule has 0 aliphatic heterocycles. The minimum absolute atomic E-state index is 0.208. The first-order valence-electron chi connectivity index (χ1n) is 7.03. The van der Waals surface area contributed by atoms with Gasteiger partial charge in [-0.2, -0.15) is 0 Å². The van der Waals surface area contributed by atoms with Gasteiger partial charge in [-0.1, -0.05) is 36.4 Å². The number of nitrogens with one attached hydrogen (secondary N) is 1. The van der Waals surface area contributed by atoms with Gasteiger partial charge in [0.25, 0.3) is 5.91 Å². The average Bonchev–Trinajstić information content (AvgIpc) is 3.09. The zero-order chi connectivity index (χ0) is 16.2. The molecule has 6 heteroatoms. The molecule has 2 aromatic carbocycles. The lowest BCUT2D eigenvalue weighted by Gasteiger charge is -2.14. The van der Waals surface area contributed by atoms with Crippen molar-refractivity contribution in [1.82, 2.24) is 4.98 Å². The number of benzene rings is 2. The molecule has 0 bridgehead atoms. The van der Waals surface area contributed by atoms with Crippen LogP contribution in [0.25, 0.3) is 10.8 Å². The van der Waals surface area contributed by atoms with Crippen LogP contribution in [-0.2, 0) is 9.53 Å². The van der Waals surface area contributed by atoms with Gasteiger partial charge >= 0.3 is 5.97 Å². The largest absolute Gasteiger partial charge is 0.448 e. The summed E-state index contributed by atoms with van der Waals surface area (Å²) in [5.74, 6) is -0.989. The Morgan fingerprint density at radius 2 is 1.96 bits per heavy atom. The lowest BCUT2D eigenvalue weighted by molar-refractivity contribution is -0.123. The Morgan fingerprint density at radius 3 is 2.74 bits per heavy atom. The molecule has 1 aromatic heterocycles. The van der Waals surface area contributed by atoms with Crippen LogP contribution in [0, 0.1) is 0 Å². The van der Waals surface area contributed by atoms with E-state index in [2.05, 4.69) is 10.3 Å². The second-order valence-corrected chi connectivity index (χ2v) is 5.66. The molecular formula is C17H14N2O3S. The van der Waals surface area contributed by atoms with Crippen molar-refractivity contribution in [2.75, 3.05) is 5.32 Å². The van der Waals surface area contributed by atoms with E-state index in [0.29, 0.717) is 5.69 Å². The van der Waals surface area contributed by atoms with Gasteiger partial charge in [0.05, 0.1) is 5.51 Å². The molecule has 0 unspecified atom stereocenters. The minimum atomic E-state index is -0.914. The van der Waals surface area contributed by atoms with Gasteiger partial charge in [0.15, 0.2) is 11.8 Å². The lowest BCUT2D eigenvalue weighted by atomic mass is 10.1. The normalized spacial score (nSPS) is 11.9. The molecule has 0 fully saturated rings. The van der Waals surface area contributed by atoms with Crippen molar-refractivity contribution < 1.29 is 14.3 Å². The summed E-state index contributed by atoms with van der Waals surface area (Å²) in [6.07, 6.45) is -0.914. The van der Waals surface area contributed by atoms with Gasteiger partial charge in [-0.05, 0) is 18.4 Å². The van der Waals surface area contributed by atoms with Crippen LogP contribution >= 0.6 is 11.3 Å². The topological polar surface area (TPSA) is 68.3 Å². The summed E-state index contributed by atoms with van der Waals surface area (Å²) >= 11 is 1.29. The summed E-state index contributed by atoms with van der Waals surface area (Å²) in [5.41, 5.74) is 2.43. The van der Waals surface area contributed by atoms with Crippen LogP contribution in [0.5, 0.6) is 0 Å². The highest BCUT2D eigenvalue weighted by Crippen LogP contribution is 2.23. The van der Waals surface area contributed by atoms with E-state index in [-0.39, 0.29) is 11.6 Å². The van der Waals surface area contributed by atoms with Crippen molar-refractivity contribution >= 4 is 39.7 Å². The van der Waals surface area contributed by atoms with Gasteiger partial charge in [-0.15, -0.1) is 11.3 Å². The maximum atomic E-state index is 12.3. The summed E-state index contributed by atoms with van der Waals surface area (Å²) in [6.45, 7) is 1.53. The molecule has 3 rings (SSSR count). The Labute approximate surface area is 136 Å². The first-order chi connectivity index (χ1) is 11.1. The van der Waals surface area contributed by atoms with Gasteiger partial charge in [0, 0.05) is 16.5 Å². The summed E-state index contributed by atoms with van der Waals surface area (Å²) in [4.78, 5) is 27.9. The third-order valence-corrected chi connectivity index (χ3v) is 3.93. The van der Waals surface area contributed by atoms with E-state index in [1.54, 1.807) is 5.38 Å². The van der Waals surface area contributed by atoms with Crippen molar-refractivity contribution in [3.05, 3.63) is 59.0 Å². The maximum absolute atomic E-state index is 12.3. The molecule has 0 saturated heterocycles. The molecule has 1 heterocycles. The Morgan fingerprint density at radius 1 is 1.17 bits per heavy atom. The highest BCUT2D eigenvalue weighted by Gasteiger charge is 2.20. The Kier molecular flexibility index (Phi) is 4.34. The SMILES string of the molecule is C[C@@H](OC(=O)c1cscn1)C(=O)Nc1cccc2ccccc12. The number of aromatic nitrogens is 1. The molecule has 23 heavy (non-hydrogen) atoms. The summed E-state index contributed by atoms with van der Waals surface area (Å²) in [7, 11) is 0. The molecule has 1 amide bonds. The predicted molar refractivity (Wildman–Crippen MR) is 89.6 cm³/mol. The summed E-state index contributed by atoms with van der Waals surface area (Å²) in [5, 5.41) is 6.34. The van der Waals surface area contributed by atoms with Crippen LogP contribution in [0.4, 0.5) is 5.69 Å². The van der Waals surface area contributed by atoms with Gasteiger partial charge in [-0.25, -0.2) is 9.78 Å². The van der Waals surface area contributed by atoms with Gasteiger partial charge in [-0.3, -0.25) is 4.79 Å². The fourth-order valence-corrected chi connectivity index (χ4v) is 2.68. The maximum Gasteiger partial charge on any atom is 0.358 e. The molecule has 0 aliphatic rings. The van der Waals surface area contributed by atoms with E-state index >= 15 is 0 Å². The van der Waals surface area contributed by atoms with Crippen molar-refractivity contribution in [1.29, 1.82) is 0 Å². The lowest BCUT2D eigenvalue weighted by Crippen LogP contribution is -2.30. The number of nitrogens with zero attached hydrogens (tertiary/aromatic N) is 1. The number of hydrogen-bond donors (Lipinski definition) is 1. The van der Waals surface area contributed by atoms with E-state index in [1.807, 2.05) is 42.5 Å². The summed E-state index contributed by atoms with van der Waals surface area (Å²) < 4.78 is 5.13. The number of amides is 1. The number of anilines is 1. The number of ether oxygens (including phenoxy) is 1. The molecular weight excluding hydrogens is 312 g/mol. The first kappa shape index (κ1) is 15.2. The number of rotatable bonds is 4. The zero-order valence-corrected chi connectivity index (χ0v) is 13.2. The zero-order valence-electron chi connectivity index (χ0n) is 12.4. The Hall–Kier alpha value is -2.73. The molecule has 0 saturated carbocycles. The number of fused-ring (bicyclic) bond motifs is 1. The standard InChI is InChI=1S/C17H14N2O3S/c1-11(22-17(21)15-9-23-10-18-15)16(20)19-14-8-4-6-12-5-2-3-7-13(12)14/h2-11H,1H3,(H,19,20)/t11-/m1/s1. The monoisotopic (exact) mass is 326 g/mol. The Bertz CT molecular complexity index is 841. The number of carbonyl (C=O) groups excluding carboxylic acids is 2. The van der Waals surface area contributed by atoms with Gasteiger partial charge in [0.2, 0.25) is 0 Å². The van der Waals surface area contributed by atoms with Crippen molar-refractivity contribution in [3.63, 3.8) is 0 Å². The first-order valence-corrected chi connectivity index (χ1v) is 7.97. The minimum Gasteiger partial charge on any atom is -0.448 e. The molecule has 0 radical (unpaired) electrons. The quantitative estimate of drug-likeness (QED) is 0.745. The number of thiazole rings is 1. The highest BCUT2D eigenvalue weighted by molar-refractivity contribution is 7.07. The fraction of sp³-hybridized carbons (Fsp3) is 0.118. The van der Waals surface area contributed by atoms with Gasteiger partial charge in [0.1, 0.15) is 0 Å². The predicted octanol–water partition coefficient (Wildman–Crippen LogP) is 3.48. The summed E-state index contributed by atoms with van der Waals surface area (Å²) in [6, 6.07) is 13.4. The molecule has 5 nitrogen and oxygen atoms in total. The third-order valence-electron chi connectivity index (χ3n) is 3.34. The van der Waals surface area contributed by atoms with Crippen LogP contribution < -0.4 is 5.32 Å². The van der Waals surface area contributed by atoms with E-state index in [1.165, 1.54) is 23.8 Å². The molecule has 1 N–H and O–H groups in total.